The van der Waals surface area contributed by atoms with E-state index < -0.39 is 0 Å². The summed E-state index contributed by atoms with van der Waals surface area (Å²) < 4.78 is 1.74. The van der Waals surface area contributed by atoms with Gasteiger partial charge in [-0.05, 0) is 36.8 Å². The summed E-state index contributed by atoms with van der Waals surface area (Å²) in [5.41, 5.74) is 2.48. The summed E-state index contributed by atoms with van der Waals surface area (Å²) in [7, 11) is 0. The summed E-state index contributed by atoms with van der Waals surface area (Å²) in [6.45, 7) is 2.01. The molecular formula is C15H15N5O. The minimum absolute atomic E-state index is 0.166. The second-order valence-electron chi connectivity index (χ2n) is 4.58. The summed E-state index contributed by atoms with van der Waals surface area (Å²) in [5, 5.41) is 13.7. The van der Waals surface area contributed by atoms with E-state index in [2.05, 4.69) is 20.6 Å². The summed E-state index contributed by atoms with van der Waals surface area (Å²) >= 11 is 0. The van der Waals surface area contributed by atoms with Crippen LogP contribution in [-0.4, -0.2) is 25.9 Å². The number of hydrogen-bond donors (Lipinski definition) is 2. The van der Waals surface area contributed by atoms with Crippen LogP contribution in [-0.2, 0) is 6.42 Å². The van der Waals surface area contributed by atoms with E-state index in [1.165, 1.54) is 0 Å². The van der Waals surface area contributed by atoms with Crippen molar-refractivity contribution in [3.8, 4) is 5.69 Å². The van der Waals surface area contributed by atoms with E-state index in [1.54, 1.807) is 29.2 Å². The molecule has 0 unspecified atom stereocenters. The number of carbonyl (C=O) groups excluding carboxylic acids is 1. The molecule has 0 aliphatic heterocycles. The molecule has 3 aromatic rings. The van der Waals surface area contributed by atoms with Crippen LogP contribution in [0.25, 0.3) is 5.69 Å². The molecule has 0 radical (unpaired) electrons. The lowest BCUT2D eigenvalue weighted by Crippen LogP contribution is -2.13. The average molecular weight is 281 g/mol. The third kappa shape index (κ3) is 2.69. The van der Waals surface area contributed by atoms with Crippen molar-refractivity contribution in [1.82, 2.24) is 20.0 Å². The normalized spacial score (nSPS) is 10.5. The van der Waals surface area contributed by atoms with Crippen LogP contribution in [0.4, 0.5) is 5.82 Å². The minimum Gasteiger partial charge on any atom is -0.307 e. The molecule has 0 aliphatic carbocycles. The monoisotopic (exact) mass is 281 g/mol. The lowest BCUT2D eigenvalue weighted by Gasteiger charge is -2.06. The first kappa shape index (κ1) is 13.1. The van der Waals surface area contributed by atoms with Crippen molar-refractivity contribution in [3.63, 3.8) is 0 Å². The van der Waals surface area contributed by atoms with Crippen LogP contribution in [0, 0.1) is 0 Å². The fourth-order valence-electron chi connectivity index (χ4n) is 2.06. The zero-order valence-electron chi connectivity index (χ0n) is 11.6. The maximum Gasteiger partial charge on any atom is 0.256 e. The Morgan fingerprint density at radius 1 is 1.33 bits per heavy atom. The highest BCUT2D eigenvalue weighted by atomic mass is 16.1. The molecule has 21 heavy (non-hydrogen) atoms. The van der Waals surface area contributed by atoms with Crippen molar-refractivity contribution >= 4 is 11.7 Å². The van der Waals surface area contributed by atoms with Crippen LogP contribution in [0.2, 0.25) is 0 Å². The molecule has 0 aliphatic rings. The number of aromatic amines is 1. The largest absolute Gasteiger partial charge is 0.307 e. The molecule has 1 aromatic carbocycles. The van der Waals surface area contributed by atoms with Crippen LogP contribution in [0.1, 0.15) is 22.8 Å². The standard InChI is InChI=1S/C15H15N5O/c1-2-11-10-16-19-14(11)18-15(21)12-4-6-13(7-5-12)20-9-3-8-17-20/h3-10H,2H2,1H3,(H2,16,18,19,21). The number of anilines is 1. The summed E-state index contributed by atoms with van der Waals surface area (Å²) in [5.74, 6) is 0.486. The number of aryl methyl sites for hydroxylation is 1. The molecule has 0 spiro atoms. The lowest BCUT2D eigenvalue weighted by atomic mass is 10.2. The maximum absolute atomic E-state index is 12.2. The van der Waals surface area contributed by atoms with Gasteiger partial charge in [-0.1, -0.05) is 6.92 Å². The van der Waals surface area contributed by atoms with Gasteiger partial charge in [-0.25, -0.2) is 4.68 Å². The van der Waals surface area contributed by atoms with Crippen LogP contribution in [0.3, 0.4) is 0 Å². The second kappa shape index (κ2) is 5.62. The average Bonchev–Trinajstić information content (AvgIpc) is 3.18. The highest BCUT2D eigenvalue weighted by molar-refractivity contribution is 6.04. The third-order valence-corrected chi connectivity index (χ3v) is 3.24. The molecule has 6 heteroatoms. The van der Waals surface area contributed by atoms with Gasteiger partial charge in [0.05, 0.1) is 11.9 Å². The molecular weight excluding hydrogens is 266 g/mol. The first-order valence-electron chi connectivity index (χ1n) is 6.71. The Bertz CT molecular complexity index is 728. The number of amides is 1. The molecule has 0 fully saturated rings. The van der Waals surface area contributed by atoms with Crippen LogP contribution in [0.5, 0.6) is 0 Å². The molecule has 106 valence electrons. The van der Waals surface area contributed by atoms with E-state index in [-0.39, 0.29) is 5.91 Å². The topological polar surface area (TPSA) is 75.6 Å². The van der Waals surface area contributed by atoms with Gasteiger partial charge < -0.3 is 5.32 Å². The Labute approximate surface area is 121 Å². The number of H-pyrrole nitrogens is 1. The third-order valence-electron chi connectivity index (χ3n) is 3.24. The van der Waals surface area contributed by atoms with Crippen molar-refractivity contribution in [2.45, 2.75) is 13.3 Å². The molecule has 0 atom stereocenters. The zero-order valence-corrected chi connectivity index (χ0v) is 11.6. The van der Waals surface area contributed by atoms with Gasteiger partial charge in [0.15, 0.2) is 0 Å². The summed E-state index contributed by atoms with van der Waals surface area (Å²) in [6.07, 6.45) is 6.10. The number of aromatic nitrogens is 4. The number of benzene rings is 1. The maximum atomic E-state index is 12.2. The van der Waals surface area contributed by atoms with E-state index in [0.717, 1.165) is 17.7 Å². The lowest BCUT2D eigenvalue weighted by molar-refractivity contribution is 0.102. The number of rotatable bonds is 4. The predicted molar refractivity (Wildman–Crippen MR) is 79.5 cm³/mol. The van der Waals surface area contributed by atoms with E-state index in [1.807, 2.05) is 31.3 Å². The molecule has 2 aromatic heterocycles. The van der Waals surface area contributed by atoms with Gasteiger partial charge >= 0.3 is 0 Å². The molecule has 0 bridgehead atoms. The summed E-state index contributed by atoms with van der Waals surface area (Å²) in [6, 6.07) is 9.11. The molecule has 0 saturated heterocycles. The number of nitrogens with zero attached hydrogens (tertiary/aromatic N) is 3. The predicted octanol–water partition coefficient (Wildman–Crippen LogP) is 2.41. The Balaban J connectivity index is 1.76. The van der Waals surface area contributed by atoms with Crippen molar-refractivity contribution in [2.24, 2.45) is 0 Å². The Kier molecular flexibility index (Phi) is 3.51. The number of hydrogen-bond acceptors (Lipinski definition) is 3. The second-order valence-corrected chi connectivity index (χ2v) is 4.58. The highest BCUT2D eigenvalue weighted by Gasteiger charge is 2.10. The van der Waals surface area contributed by atoms with Crippen LogP contribution in [0.15, 0.2) is 48.9 Å². The SMILES string of the molecule is CCc1cn[nH]c1NC(=O)c1ccc(-n2cccn2)cc1. The van der Waals surface area contributed by atoms with Crippen molar-refractivity contribution in [2.75, 3.05) is 5.32 Å². The Hall–Kier alpha value is -2.89. The molecule has 0 saturated carbocycles. The fraction of sp³-hybridized carbons (Fsp3) is 0.133. The van der Waals surface area contributed by atoms with E-state index in [9.17, 15) is 4.79 Å². The van der Waals surface area contributed by atoms with Crippen molar-refractivity contribution < 1.29 is 4.79 Å². The van der Waals surface area contributed by atoms with Crippen molar-refractivity contribution in [3.05, 3.63) is 60.0 Å². The van der Waals surface area contributed by atoms with Gasteiger partial charge in [0.2, 0.25) is 0 Å². The number of nitrogens with one attached hydrogen (secondary N) is 2. The number of carbonyl (C=O) groups is 1. The summed E-state index contributed by atoms with van der Waals surface area (Å²) in [4.78, 5) is 12.2. The van der Waals surface area contributed by atoms with E-state index in [4.69, 9.17) is 0 Å². The van der Waals surface area contributed by atoms with E-state index >= 15 is 0 Å². The van der Waals surface area contributed by atoms with E-state index in [0.29, 0.717) is 11.4 Å². The molecule has 1 amide bonds. The first-order valence-corrected chi connectivity index (χ1v) is 6.71. The van der Waals surface area contributed by atoms with Gasteiger partial charge in [0.25, 0.3) is 5.91 Å². The molecule has 3 rings (SSSR count). The fourth-order valence-corrected chi connectivity index (χ4v) is 2.06. The van der Waals surface area contributed by atoms with Gasteiger partial charge in [0.1, 0.15) is 5.82 Å². The van der Waals surface area contributed by atoms with Gasteiger partial charge in [0, 0.05) is 23.5 Å². The van der Waals surface area contributed by atoms with Gasteiger partial charge in [-0.15, -0.1) is 0 Å². The van der Waals surface area contributed by atoms with Crippen LogP contribution < -0.4 is 5.32 Å². The molecule has 2 N–H and O–H groups in total. The van der Waals surface area contributed by atoms with Crippen LogP contribution >= 0.6 is 0 Å². The van der Waals surface area contributed by atoms with Gasteiger partial charge in [-0.3, -0.25) is 9.89 Å². The van der Waals surface area contributed by atoms with Gasteiger partial charge in [-0.2, -0.15) is 10.2 Å². The smallest absolute Gasteiger partial charge is 0.256 e. The molecule has 6 nitrogen and oxygen atoms in total. The quantitative estimate of drug-likeness (QED) is 0.771. The zero-order chi connectivity index (χ0) is 14.7. The molecule has 2 heterocycles. The minimum atomic E-state index is -0.166. The Morgan fingerprint density at radius 3 is 2.81 bits per heavy atom. The highest BCUT2D eigenvalue weighted by Crippen LogP contribution is 2.14. The Morgan fingerprint density at radius 2 is 2.14 bits per heavy atom. The first-order chi connectivity index (χ1) is 10.3. The van der Waals surface area contributed by atoms with Crippen molar-refractivity contribution in [1.29, 1.82) is 0 Å².